The Labute approximate surface area is 170 Å². The molecule has 0 aliphatic heterocycles. The smallest absolute Gasteiger partial charge is 0.269 e. The van der Waals surface area contributed by atoms with Crippen molar-refractivity contribution in [3.63, 3.8) is 0 Å². The lowest BCUT2D eigenvalue weighted by Crippen LogP contribution is -2.26. The SMILES string of the molecule is Cc1cc(Cl)ccc1NC(=O)c1ccnc(C(=O)NCCC2=CCCCC2)c1. The second kappa shape index (κ2) is 9.51. The van der Waals surface area contributed by atoms with E-state index in [0.29, 0.717) is 22.8 Å². The fourth-order valence-corrected chi connectivity index (χ4v) is 3.44. The van der Waals surface area contributed by atoms with Crippen LogP contribution >= 0.6 is 11.6 Å². The molecule has 1 aliphatic carbocycles. The van der Waals surface area contributed by atoms with Crippen molar-refractivity contribution in [3.05, 3.63) is 70.0 Å². The number of nitrogens with zero attached hydrogens (tertiary/aromatic N) is 1. The van der Waals surface area contributed by atoms with Gasteiger partial charge in [0.15, 0.2) is 0 Å². The van der Waals surface area contributed by atoms with Crippen molar-refractivity contribution in [3.8, 4) is 0 Å². The van der Waals surface area contributed by atoms with Crippen LogP contribution in [0.15, 0.2) is 48.2 Å². The van der Waals surface area contributed by atoms with Crippen molar-refractivity contribution >= 4 is 29.1 Å². The van der Waals surface area contributed by atoms with E-state index in [-0.39, 0.29) is 17.5 Å². The Morgan fingerprint density at radius 2 is 2.00 bits per heavy atom. The molecular formula is C22H24ClN3O2. The van der Waals surface area contributed by atoms with Gasteiger partial charge in [0, 0.05) is 29.0 Å². The van der Waals surface area contributed by atoms with Gasteiger partial charge in [0.25, 0.3) is 11.8 Å². The van der Waals surface area contributed by atoms with Crippen LogP contribution in [0, 0.1) is 6.92 Å². The minimum atomic E-state index is -0.297. The molecule has 1 aromatic carbocycles. The zero-order valence-electron chi connectivity index (χ0n) is 15.9. The van der Waals surface area contributed by atoms with Crippen molar-refractivity contribution in [2.24, 2.45) is 0 Å². The number of hydrogen-bond donors (Lipinski definition) is 2. The molecule has 2 amide bonds. The second-order valence-electron chi connectivity index (χ2n) is 6.96. The van der Waals surface area contributed by atoms with Gasteiger partial charge < -0.3 is 10.6 Å². The molecule has 6 heteroatoms. The molecule has 1 aromatic heterocycles. The first-order valence-corrected chi connectivity index (χ1v) is 9.90. The average Bonchev–Trinajstić information content (AvgIpc) is 2.71. The average molecular weight is 398 g/mol. The first-order chi connectivity index (χ1) is 13.5. The summed E-state index contributed by atoms with van der Waals surface area (Å²) in [4.78, 5) is 29.0. The Morgan fingerprint density at radius 1 is 1.14 bits per heavy atom. The normalized spacial score (nSPS) is 13.6. The topological polar surface area (TPSA) is 71.1 Å². The van der Waals surface area contributed by atoms with Crippen LogP contribution in [0.25, 0.3) is 0 Å². The van der Waals surface area contributed by atoms with Crippen molar-refractivity contribution in [2.75, 3.05) is 11.9 Å². The van der Waals surface area contributed by atoms with Gasteiger partial charge in [-0.1, -0.05) is 23.3 Å². The summed E-state index contributed by atoms with van der Waals surface area (Å²) in [6.45, 7) is 2.45. The van der Waals surface area contributed by atoms with Crippen LogP contribution in [0.5, 0.6) is 0 Å². The molecule has 3 rings (SSSR count). The van der Waals surface area contributed by atoms with Gasteiger partial charge in [0.1, 0.15) is 5.69 Å². The highest BCUT2D eigenvalue weighted by atomic mass is 35.5. The quantitative estimate of drug-likeness (QED) is 0.680. The standard InChI is InChI=1S/C22H24ClN3O2/c1-15-13-18(23)7-8-19(15)26-21(27)17-10-12-24-20(14-17)22(28)25-11-9-16-5-3-2-4-6-16/h5,7-8,10,12-14H,2-4,6,9,11H2,1H3,(H,25,28)(H,26,27). The minimum absolute atomic E-state index is 0.234. The van der Waals surface area contributed by atoms with Crippen molar-refractivity contribution in [1.82, 2.24) is 10.3 Å². The predicted octanol–water partition coefficient (Wildman–Crippen LogP) is 4.92. The van der Waals surface area contributed by atoms with Crippen LogP contribution in [0.3, 0.4) is 0 Å². The van der Waals surface area contributed by atoms with E-state index in [1.807, 2.05) is 6.92 Å². The lowest BCUT2D eigenvalue weighted by Gasteiger charge is -2.13. The van der Waals surface area contributed by atoms with Crippen LogP contribution in [-0.2, 0) is 0 Å². The van der Waals surface area contributed by atoms with Gasteiger partial charge in [-0.25, -0.2) is 0 Å². The number of nitrogens with one attached hydrogen (secondary N) is 2. The first-order valence-electron chi connectivity index (χ1n) is 9.52. The monoisotopic (exact) mass is 397 g/mol. The zero-order chi connectivity index (χ0) is 19.9. The summed E-state index contributed by atoms with van der Waals surface area (Å²) in [7, 11) is 0. The van der Waals surface area contributed by atoms with Crippen LogP contribution < -0.4 is 10.6 Å². The van der Waals surface area contributed by atoms with E-state index in [1.165, 1.54) is 30.7 Å². The summed E-state index contributed by atoms with van der Waals surface area (Å²) in [5.41, 5.74) is 3.57. The predicted molar refractivity (Wildman–Crippen MR) is 112 cm³/mol. The van der Waals surface area contributed by atoms with Crippen molar-refractivity contribution < 1.29 is 9.59 Å². The molecule has 0 atom stereocenters. The number of rotatable bonds is 6. The Hall–Kier alpha value is -2.66. The Kier molecular flexibility index (Phi) is 6.82. The molecule has 0 saturated heterocycles. The van der Waals surface area contributed by atoms with E-state index < -0.39 is 0 Å². The van der Waals surface area contributed by atoms with Gasteiger partial charge in [-0.3, -0.25) is 14.6 Å². The van der Waals surface area contributed by atoms with Gasteiger partial charge >= 0.3 is 0 Å². The summed E-state index contributed by atoms with van der Waals surface area (Å²) < 4.78 is 0. The van der Waals surface area contributed by atoms with Gasteiger partial charge in [0.2, 0.25) is 0 Å². The maximum atomic E-state index is 12.5. The largest absolute Gasteiger partial charge is 0.350 e. The molecule has 28 heavy (non-hydrogen) atoms. The van der Waals surface area contributed by atoms with E-state index in [2.05, 4.69) is 21.7 Å². The molecule has 0 unspecified atom stereocenters. The van der Waals surface area contributed by atoms with Gasteiger partial charge in [-0.05, 0) is 74.9 Å². The van der Waals surface area contributed by atoms with Gasteiger partial charge in [0.05, 0.1) is 0 Å². The van der Waals surface area contributed by atoms with Crippen molar-refractivity contribution in [2.45, 2.75) is 39.0 Å². The molecule has 2 N–H and O–H groups in total. The van der Waals surface area contributed by atoms with Gasteiger partial charge in [-0.15, -0.1) is 0 Å². The third-order valence-corrected chi connectivity index (χ3v) is 5.04. The first kappa shape index (κ1) is 20.1. The highest BCUT2D eigenvalue weighted by molar-refractivity contribution is 6.30. The molecule has 0 spiro atoms. The molecule has 0 fully saturated rings. The third-order valence-electron chi connectivity index (χ3n) is 4.81. The molecule has 1 heterocycles. The van der Waals surface area contributed by atoms with Gasteiger partial charge in [-0.2, -0.15) is 0 Å². The molecular weight excluding hydrogens is 374 g/mol. The molecule has 2 aromatic rings. The number of anilines is 1. The highest BCUT2D eigenvalue weighted by Crippen LogP contribution is 2.21. The summed E-state index contributed by atoms with van der Waals surface area (Å²) in [6.07, 6.45) is 9.35. The fourth-order valence-electron chi connectivity index (χ4n) is 3.22. The number of halogens is 1. The van der Waals surface area contributed by atoms with Crippen LogP contribution in [0.1, 0.15) is 58.5 Å². The maximum Gasteiger partial charge on any atom is 0.269 e. The minimum Gasteiger partial charge on any atom is -0.350 e. The molecule has 0 saturated carbocycles. The summed E-state index contributed by atoms with van der Waals surface area (Å²) >= 11 is 5.95. The van der Waals surface area contributed by atoms with Crippen LogP contribution in [-0.4, -0.2) is 23.3 Å². The Bertz CT molecular complexity index is 908. The molecule has 0 bridgehead atoms. The van der Waals surface area contributed by atoms with Crippen molar-refractivity contribution in [1.29, 1.82) is 0 Å². The lowest BCUT2D eigenvalue weighted by molar-refractivity contribution is 0.0949. The van der Waals surface area contributed by atoms with E-state index in [4.69, 9.17) is 11.6 Å². The number of amides is 2. The summed E-state index contributed by atoms with van der Waals surface area (Å²) in [5.74, 6) is -0.567. The highest BCUT2D eigenvalue weighted by Gasteiger charge is 2.13. The number of allylic oxidation sites excluding steroid dienone is 1. The maximum absolute atomic E-state index is 12.5. The molecule has 5 nitrogen and oxygen atoms in total. The van der Waals surface area contributed by atoms with Crippen LogP contribution in [0.2, 0.25) is 5.02 Å². The number of aryl methyl sites for hydroxylation is 1. The number of benzene rings is 1. The Balaban J connectivity index is 1.60. The number of hydrogen-bond acceptors (Lipinski definition) is 3. The lowest BCUT2D eigenvalue weighted by atomic mass is 9.97. The van der Waals surface area contributed by atoms with E-state index in [9.17, 15) is 9.59 Å². The number of carbonyl (C=O) groups is 2. The number of aromatic nitrogens is 1. The fraction of sp³-hybridized carbons (Fsp3) is 0.318. The molecule has 0 radical (unpaired) electrons. The summed E-state index contributed by atoms with van der Waals surface area (Å²) in [5, 5.41) is 6.34. The third kappa shape index (κ3) is 5.42. The second-order valence-corrected chi connectivity index (χ2v) is 7.39. The van der Waals surface area contributed by atoms with Crippen LogP contribution in [0.4, 0.5) is 5.69 Å². The summed E-state index contributed by atoms with van der Waals surface area (Å²) in [6, 6.07) is 8.35. The molecule has 1 aliphatic rings. The van der Waals surface area contributed by atoms with E-state index in [0.717, 1.165) is 24.8 Å². The Morgan fingerprint density at radius 3 is 2.75 bits per heavy atom. The number of carbonyl (C=O) groups excluding carboxylic acids is 2. The zero-order valence-corrected chi connectivity index (χ0v) is 16.7. The number of pyridine rings is 1. The van der Waals surface area contributed by atoms with E-state index in [1.54, 1.807) is 24.3 Å². The van der Waals surface area contributed by atoms with E-state index >= 15 is 0 Å². The molecule has 146 valence electrons.